The van der Waals surface area contributed by atoms with Crippen molar-refractivity contribution in [2.24, 2.45) is 5.10 Å². The van der Waals surface area contributed by atoms with Crippen molar-refractivity contribution in [3.63, 3.8) is 0 Å². The molecular formula is C20H16FN5OS. The lowest BCUT2D eigenvalue weighted by atomic mass is 10.1. The Bertz CT molecular complexity index is 1030. The van der Waals surface area contributed by atoms with E-state index in [0.717, 1.165) is 11.3 Å². The van der Waals surface area contributed by atoms with Crippen LogP contribution in [0, 0.1) is 17.1 Å². The van der Waals surface area contributed by atoms with Crippen LogP contribution in [0.15, 0.2) is 58.8 Å². The number of aromatic nitrogens is 2. The Hall–Kier alpha value is -3.44. The van der Waals surface area contributed by atoms with Crippen molar-refractivity contribution < 1.29 is 9.13 Å². The lowest BCUT2D eigenvalue weighted by molar-refractivity contribution is 0.415. The lowest BCUT2D eigenvalue weighted by Gasteiger charge is -2.10. The number of hydrazone groups is 1. The molecule has 6 nitrogen and oxygen atoms in total. The van der Waals surface area contributed by atoms with E-state index in [2.05, 4.69) is 26.6 Å². The minimum atomic E-state index is -0.358. The second-order valence-electron chi connectivity index (χ2n) is 5.54. The summed E-state index contributed by atoms with van der Waals surface area (Å²) in [5.74, 6) is 0.677. The number of anilines is 1. The van der Waals surface area contributed by atoms with Gasteiger partial charge in [-0.05, 0) is 60.4 Å². The molecule has 2 aromatic carbocycles. The standard InChI is InChI=1S/C20H16FN5OS/c1-27-16-9-3-13(4-10-16)12-23-26-19-17(11-22)18(24-20(25-19)28-2)14-5-7-15(21)8-6-14/h3-10,12H,1-2H3,(H,24,25,26)/b23-12+. The minimum Gasteiger partial charge on any atom is -0.497 e. The Morgan fingerprint density at radius 2 is 1.86 bits per heavy atom. The first-order chi connectivity index (χ1) is 13.6. The van der Waals surface area contributed by atoms with Gasteiger partial charge in [-0.2, -0.15) is 10.4 Å². The van der Waals surface area contributed by atoms with Crippen LogP contribution in [0.3, 0.4) is 0 Å². The van der Waals surface area contributed by atoms with E-state index in [1.807, 2.05) is 30.5 Å². The van der Waals surface area contributed by atoms with Gasteiger partial charge in [0.05, 0.1) is 19.0 Å². The van der Waals surface area contributed by atoms with Gasteiger partial charge >= 0.3 is 0 Å². The summed E-state index contributed by atoms with van der Waals surface area (Å²) in [6, 6.07) is 15.3. The van der Waals surface area contributed by atoms with Crippen molar-refractivity contribution in [2.75, 3.05) is 18.8 Å². The fourth-order valence-corrected chi connectivity index (χ4v) is 2.76. The van der Waals surface area contributed by atoms with Gasteiger partial charge in [0, 0.05) is 5.56 Å². The van der Waals surface area contributed by atoms with Crippen LogP contribution in [-0.2, 0) is 0 Å². The molecule has 0 aliphatic rings. The van der Waals surface area contributed by atoms with E-state index in [1.165, 1.54) is 23.9 Å². The molecule has 0 bridgehead atoms. The monoisotopic (exact) mass is 393 g/mol. The number of rotatable bonds is 6. The van der Waals surface area contributed by atoms with Crippen LogP contribution >= 0.6 is 11.8 Å². The zero-order valence-electron chi connectivity index (χ0n) is 15.2. The summed E-state index contributed by atoms with van der Waals surface area (Å²) in [5, 5.41) is 14.3. The Labute approximate surface area is 166 Å². The zero-order valence-corrected chi connectivity index (χ0v) is 16.0. The van der Waals surface area contributed by atoms with Crippen LogP contribution in [0.1, 0.15) is 11.1 Å². The number of ether oxygens (including phenoxy) is 1. The van der Waals surface area contributed by atoms with E-state index < -0.39 is 0 Å². The highest BCUT2D eigenvalue weighted by Crippen LogP contribution is 2.28. The number of hydrogen-bond donors (Lipinski definition) is 1. The van der Waals surface area contributed by atoms with Crippen LogP contribution < -0.4 is 10.2 Å². The van der Waals surface area contributed by atoms with Crippen molar-refractivity contribution in [1.82, 2.24) is 9.97 Å². The fourth-order valence-electron chi connectivity index (χ4n) is 2.39. The third-order valence-electron chi connectivity index (χ3n) is 3.80. The largest absolute Gasteiger partial charge is 0.497 e. The molecule has 1 aromatic heterocycles. The molecule has 0 saturated heterocycles. The van der Waals surface area contributed by atoms with E-state index in [0.29, 0.717) is 16.4 Å². The molecule has 0 radical (unpaired) electrons. The van der Waals surface area contributed by atoms with Crippen LogP contribution in [0.2, 0.25) is 0 Å². The molecule has 3 rings (SSSR count). The highest BCUT2D eigenvalue weighted by molar-refractivity contribution is 7.98. The normalized spacial score (nSPS) is 10.6. The second kappa shape index (κ2) is 8.97. The molecule has 140 valence electrons. The lowest BCUT2D eigenvalue weighted by Crippen LogP contribution is -2.03. The molecule has 0 aliphatic heterocycles. The maximum Gasteiger partial charge on any atom is 0.189 e. The maximum atomic E-state index is 13.2. The summed E-state index contributed by atoms with van der Waals surface area (Å²) in [7, 11) is 1.60. The Morgan fingerprint density at radius 1 is 1.14 bits per heavy atom. The topological polar surface area (TPSA) is 83.2 Å². The summed E-state index contributed by atoms with van der Waals surface area (Å²) in [5.41, 5.74) is 4.94. The Kier molecular flexibility index (Phi) is 6.19. The van der Waals surface area contributed by atoms with Crippen molar-refractivity contribution in [1.29, 1.82) is 5.26 Å². The van der Waals surface area contributed by atoms with Gasteiger partial charge < -0.3 is 4.74 Å². The highest BCUT2D eigenvalue weighted by atomic mass is 32.2. The summed E-state index contributed by atoms with van der Waals surface area (Å²) in [6.45, 7) is 0. The summed E-state index contributed by atoms with van der Waals surface area (Å²) >= 11 is 1.34. The molecule has 1 N–H and O–H groups in total. The molecule has 0 saturated carbocycles. The Balaban J connectivity index is 1.93. The van der Waals surface area contributed by atoms with E-state index in [4.69, 9.17) is 4.74 Å². The molecule has 0 fully saturated rings. The average molecular weight is 393 g/mol. The van der Waals surface area contributed by atoms with Gasteiger partial charge in [0.2, 0.25) is 0 Å². The SMILES string of the molecule is COc1ccc(/C=N/Nc2nc(SC)nc(-c3ccc(F)cc3)c2C#N)cc1. The smallest absolute Gasteiger partial charge is 0.189 e. The molecule has 3 aromatic rings. The van der Waals surface area contributed by atoms with E-state index in [-0.39, 0.29) is 17.2 Å². The van der Waals surface area contributed by atoms with Gasteiger partial charge in [0.1, 0.15) is 23.2 Å². The van der Waals surface area contributed by atoms with Crippen LogP contribution in [0.4, 0.5) is 10.2 Å². The zero-order chi connectivity index (χ0) is 19.9. The van der Waals surface area contributed by atoms with E-state index in [1.54, 1.807) is 25.5 Å². The summed E-state index contributed by atoms with van der Waals surface area (Å²) in [4.78, 5) is 8.74. The molecule has 1 heterocycles. The number of thioether (sulfide) groups is 1. The van der Waals surface area contributed by atoms with Gasteiger partial charge in [-0.1, -0.05) is 11.8 Å². The number of nitrogens with one attached hydrogen (secondary N) is 1. The molecular weight excluding hydrogens is 377 g/mol. The molecule has 8 heteroatoms. The third-order valence-corrected chi connectivity index (χ3v) is 4.35. The van der Waals surface area contributed by atoms with Crippen LogP contribution in [0.5, 0.6) is 5.75 Å². The molecule has 0 amide bonds. The molecule has 28 heavy (non-hydrogen) atoms. The van der Waals surface area contributed by atoms with Crippen molar-refractivity contribution in [3.8, 4) is 23.1 Å². The number of methoxy groups -OCH3 is 1. The maximum absolute atomic E-state index is 13.2. The van der Waals surface area contributed by atoms with Crippen molar-refractivity contribution >= 4 is 23.8 Å². The first kappa shape index (κ1) is 19.3. The molecule has 0 atom stereocenters. The second-order valence-corrected chi connectivity index (χ2v) is 6.32. The van der Waals surface area contributed by atoms with Crippen LogP contribution in [-0.4, -0.2) is 29.5 Å². The average Bonchev–Trinajstić information content (AvgIpc) is 2.74. The number of nitriles is 1. The molecule has 0 spiro atoms. The number of halogens is 1. The molecule has 0 unspecified atom stereocenters. The van der Waals surface area contributed by atoms with Crippen molar-refractivity contribution in [3.05, 3.63) is 65.5 Å². The van der Waals surface area contributed by atoms with Gasteiger partial charge in [-0.15, -0.1) is 0 Å². The minimum absolute atomic E-state index is 0.233. The van der Waals surface area contributed by atoms with Gasteiger partial charge in [-0.3, -0.25) is 5.43 Å². The summed E-state index contributed by atoms with van der Waals surface area (Å²) in [6.07, 6.45) is 3.44. The van der Waals surface area contributed by atoms with E-state index >= 15 is 0 Å². The van der Waals surface area contributed by atoms with E-state index in [9.17, 15) is 9.65 Å². The highest BCUT2D eigenvalue weighted by Gasteiger charge is 2.15. The predicted octanol–water partition coefficient (Wildman–Crippen LogP) is 4.33. The third kappa shape index (κ3) is 4.45. The van der Waals surface area contributed by atoms with Crippen LogP contribution in [0.25, 0.3) is 11.3 Å². The first-order valence-corrected chi connectivity index (χ1v) is 9.42. The first-order valence-electron chi connectivity index (χ1n) is 8.19. The fraction of sp³-hybridized carbons (Fsp3) is 0.100. The number of hydrogen-bond acceptors (Lipinski definition) is 7. The molecule has 0 aliphatic carbocycles. The Morgan fingerprint density at radius 3 is 2.46 bits per heavy atom. The van der Waals surface area contributed by atoms with Crippen molar-refractivity contribution in [2.45, 2.75) is 5.16 Å². The number of nitrogens with zero attached hydrogens (tertiary/aromatic N) is 4. The van der Waals surface area contributed by atoms with Gasteiger partial charge in [0.15, 0.2) is 11.0 Å². The summed E-state index contributed by atoms with van der Waals surface area (Å²) < 4.78 is 18.4. The predicted molar refractivity (Wildman–Crippen MR) is 108 cm³/mol. The quantitative estimate of drug-likeness (QED) is 0.290. The number of benzene rings is 2. The van der Waals surface area contributed by atoms with Gasteiger partial charge in [-0.25, -0.2) is 14.4 Å². The van der Waals surface area contributed by atoms with Gasteiger partial charge in [0.25, 0.3) is 0 Å².